The minimum absolute atomic E-state index is 0.122. The Labute approximate surface area is 204 Å². The van der Waals surface area contributed by atoms with E-state index in [-0.39, 0.29) is 43.0 Å². The second-order valence-corrected chi connectivity index (χ2v) is 9.16. The first-order valence-electron chi connectivity index (χ1n) is 11.8. The lowest BCUT2D eigenvalue weighted by Gasteiger charge is -2.41. The fourth-order valence-corrected chi connectivity index (χ4v) is 5.12. The molecule has 0 aromatic heterocycles. The van der Waals surface area contributed by atoms with Crippen molar-refractivity contribution in [1.29, 1.82) is 0 Å². The predicted molar refractivity (Wildman–Crippen MR) is 126 cm³/mol. The number of nitrogens with one attached hydrogen (secondary N) is 1. The number of hydrogen-bond donors (Lipinski definition) is 1. The van der Waals surface area contributed by atoms with Crippen LogP contribution in [-0.4, -0.2) is 67.7 Å². The molecule has 2 aromatic rings. The zero-order valence-corrected chi connectivity index (χ0v) is 20.1. The summed E-state index contributed by atoms with van der Waals surface area (Å²) in [7, 11) is 3.07. The van der Waals surface area contributed by atoms with Gasteiger partial charge in [0.15, 0.2) is 0 Å². The summed E-state index contributed by atoms with van der Waals surface area (Å²) < 4.78 is 38.1. The van der Waals surface area contributed by atoms with Gasteiger partial charge in [-0.15, -0.1) is 0 Å². The van der Waals surface area contributed by atoms with E-state index in [0.29, 0.717) is 43.8 Å². The van der Waals surface area contributed by atoms with Gasteiger partial charge < -0.3 is 14.8 Å². The first-order chi connectivity index (χ1) is 16.9. The number of ether oxygens (including phenoxy) is 2. The van der Waals surface area contributed by atoms with Crippen molar-refractivity contribution in [2.24, 2.45) is 5.92 Å². The van der Waals surface area contributed by atoms with Gasteiger partial charge in [-0.2, -0.15) is 0 Å². The third kappa shape index (κ3) is 5.31. The molecular formula is C26H31F2N3O4. The van der Waals surface area contributed by atoms with Crippen LogP contribution in [0.1, 0.15) is 24.0 Å². The molecule has 1 N–H and O–H groups in total. The van der Waals surface area contributed by atoms with E-state index in [1.54, 1.807) is 31.4 Å². The lowest BCUT2D eigenvalue weighted by molar-refractivity contribution is -0.134. The van der Waals surface area contributed by atoms with Gasteiger partial charge in [0.1, 0.15) is 22.9 Å². The summed E-state index contributed by atoms with van der Waals surface area (Å²) >= 11 is 0. The van der Waals surface area contributed by atoms with Crippen LogP contribution in [-0.2, 0) is 22.5 Å². The largest absolute Gasteiger partial charge is 0.497 e. The smallest absolute Gasteiger partial charge is 0.325 e. The highest BCUT2D eigenvalue weighted by molar-refractivity contribution is 6.07. The highest BCUT2D eigenvalue weighted by atomic mass is 19.1. The van der Waals surface area contributed by atoms with Crippen molar-refractivity contribution in [3.05, 3.63) is 65.2 Å². The Bertz CT molecular complexity index is 1060. The molecule has 3 amide bonds. The summed E-state index contributed by atoms with van der Waals surface area (Å²) in [6.45, 7) is 2.14. The molecular weight excluding hydrogens is 456 g/mol. The van der Waals surface area contributed by atoms with E-state index in [1.807, 2.05) is 0 Å². The molecule has 0 spiro atoms. The molecule has 188 valence electrons. The van der Waals surface area contributed by atoms with Crippen LogP contribution in [0.15, 0.2) is 42.5 Å². The summed E-state index contributed by atoms with van der Waals surface area (Å²) in [5.41, 5.74) is 0.213. The number of rotatable bonds is 9. The highest BCUT2D eigenvalue weighted by Gasteiger charge is 2.55. The molecule has 2 aromatic carbocycles. The minimum Gasteiger partial charge on any atom is -0.497 e. The fraction of sp³-hybridized carbons (Fsp3) is 0.462. The molecule has 0 bridgehead atoms. The van der Waals surface area contributed by atoms with Gasteiger partial charge >= 0.3 is 6.03 Å². The summed E-state index contributed by atoms with van der Waals surface area (Å²) in [4.78, 5) is 29.8. The average Bonchev–Trinajstić information content (AvgIpc) is 3.10. The van der Waals surface area contributed by atoms with E-state index in [4.69, 9.17) is 9.47 Å². The number of piperidine rings is 1. The minimum atomic E-state index is -1.12. The summed E-state index contributed by atoms with van der Waals surface area (Å²) in [6.07, 6.45) is 1.57. The first kappa shape index (κ1) is 25.1. The summed E-state index contributed by atoms with van der Waals surface area (Å²) in [6, 6.07) is 10.3. The SMILES string of the molecule is COCCN1C(=O)N[C@@](Cc2ccc(F)cc2)(C2CCN(Cc3cc(OC)ccc3F)CC2)C1=O. The molecule has 4 rings (SSSR count). The van der Waals surface area contributed by atoms with Crippen molar-refractivity contribution < 1.29 is 27.8 Å². The van der Waals surface area contributed by atoms with Crippen molar-refractivity contribution in [3.8, 4) is 5.75 Å². The van der Waals surface area contributed by atoms with Crippen LogP contribution in [0.25, 0.3) is 0 Å². The fourth-order valence-electron chi connectivity index (χ4n) is 5.12. The van der Waals surface area contributed by atoms with Gasteiger partial charge in [0.2, 0.25) is 0 Å². The lowest BCUT2D eigenvalue weighted by Crippen LogP contribution is -2.57. The van der Waals surface area contributed by atoms with Gasteiger partial charge in [0.05, 0.1) is 20.3 Å². The Balaban J connectivity index is 1.52. The number of amides is 3. The molecule has 2 heterocycles. The molecule has 0 unspecified atom stereocenters. The Morgan fingerprint density at radius 2 is 1.77 bits per heavy atom. The molecule has 9 heteroatoms. The van der Waals surface area contributed by atoms with Crippen LogP contribution in [0.3, 0.4) is 0 Å². The van der Waals surface area contributed by atoms with E-state index < -0.39 is 11.6 Å². The van der Waals surface area contributed by atoms with Crippen molar-refractivity contribution in [2.75, 3.05) is 40.5 Å². The molecule has 2 saturated heterocycles. The van der Waals surface area contributed by atoms with E-state index in [9.17, 15) is 18.4 Å². The predicted octanol–water partition coefficient (Wildman–Crippen LogP) is 3.37. The third-order valence-electron chi connectivity index (χ3n) is 7.05. The third-order valence-corrected chi connectivity index (χ3v) is 7.05. The van der Waals surface area contributed by atoms with E-state index >= 15 is 0 Å². The molecule has 2 aliphatic rings. The Morgan fingerprint density at radius 3 is 2.43 bits per heavy atom. The summed E-state index contributed by atoms with van der Waals surface area (Å²) in [5, 5.41) is 2.99. The van der Waals surface area contributed by atoms with E-state index in [0.717, 1.165) is 5.56 Å². The van der Waals surface area contributed by atoms with Crippen LogP contribution in [0, 0.1) is 17.6 Å². The van der Waals surface area contributed by atoms with Gasteiger partial charge in [-0.3, -0.25) is 14.6 Å². The molecule has 1 atom stereocenters. The quantitative estimate of drug-likeness (QED) is 0.550. The van der Waals surface area contributed by atoms with Crippen molar-refractivity contribution in [2.45, 2.75) is 31.3 Å². The van der Waals surface area contributed by atoms with E-state index in [1.165, 1.54) is 30.2 Å². The van der Waals surface area contributed by atoms with E-state index in [2.05, 4.69) is 10.2 Å². The zero-order valence-electron chi connectivity index (χ0n) is 20.1. The molecule has 0 radical (unpaired) electrons. The number of carbonyl (C=O) groups is 2. The Morgan fingerprint density at radius 1 is 1.06 bits per heavy atom. The second-order valence-electron chi connectivity index (χ2n) is 9.16. The van der Waals surface area contributed by atoms with Gasteiger partial charge in [0, 0.05) is 25.6 Å². The van der Waals surface area contributed by atoms with Crippen LogP contribution in [0.2, 0.25) is 0 Å². The average molecular weight is 488 g/mol. The number of halogens is 2. The van der Waals surface area contributed by atoms with Crippen LogP contribution < -0.4 is 10.1 Å². The normalized spacial score (nSPS) is 21.4. The maximum atomic E-state index is 14.3. The molecule has 7 nitrogen and oxygen atoms in total. The van der Waals surface area contributed by atoms with Crippen molar-refractivity contribution in [1.82, 2.24) is 15.1 Å². The number of benzene rings is 2. The first-order valence-corrected chi connectivity index (χ1v) is 11.8. The lowest BCUT2D eigenvalue weighted by atomic mass is 9.74. The number of imide groups is 1. The molecule has 2 fully saturated rings. The van der Waals surface area contributed by atoms with Gasteiger partial charge in [0.25, 0.3) is 5.91 Å². The summed E-state index contributed by atoms with van der Waals surface area (Å²) in [5.74, 6) is -0.439. The van der Waals surface area contributed by atoms with Gasteiger partial charge in [-0.05, 0) is 67.7 Å². The van der Waals surface area contributed by atoms with Crippen molar-refractivity contribution >= 4 is 11.9 Å². The number of methoxy groups -OCH3 is 2. The molecule has 35 heavy (non-hydrogen) atoms. The number of nitrogens with zero attached hydrogens (tertiary/aromatic N) is 2. The highest BCUT2D eigenvalue weighted by Crippen LogP contribution is 2.37. The number of likely N-dealkylation sites (tertiary alicyclic amines) is 1. The second kappa shape index (κ2) is 10.7. The van der Waals surface area contributed by atoms with Crippen molar-refractivity contribution in [3.63, 3.8) is 0 Å². The zero-order chi connectivity index (χ0) is 25.0. The van der Waals surface area contributed by atoms with Crippen LogP contribution >= 0.6 is 0 Å². The number of urea groups is 1. The monoisotopic (exact) mass is 487 g/mol. The van der Waals surface area contributed by atoms with Crippen LogP contribution in [0.5, 0.6) is 5.75 Å². The number of carbonyl (C=O) groups excluding carboxylic acids is 2. The standard InChI is InChI=1S/C26H31F2N3O4/c1-34-14-13-31-24(32)26(29-25(31)33,16-18-3-5-21(27)6-4-18)20-9-11-30(12-10-20)17-19-15-22(35-2)7-8-23(19)28/h3-8,15,20H,9-14,16-17H2,1-2H3,(H,29,33)/t26-/m0/s1. The number of hydrogen-bond acceptors (Lipinski definition) is 5. The molecule has 2 aliphatic heterocycles. The Kier molecular flexibility index (Phi) is 7.66. The maximum absolute atomic E-state index is 14.3. The molecule has 0 aliphatic carbocycles. The maximum Gasteiger partial charge on any atom is 0.325 e. The van der Waals surface area contributed by atoms with Gasteiger partial charge in [-0.1, -0.05) is 12.1 Å². The van der Waals surface area contributed by atoms with Gasteiger partial charge in [-0.25, -0.2) is 13.6 Å². The van der Waals surface area contributed by atoms with Crippen LogP contribution in [0.4, 0.5) is 13.6 Å². The Hall–Kier alpha value is -3.04. The topological polar surface area (TPSA) is 71.1 Å². The molecule has 0 saturated carbocycles.